The van der Waals surface area contributed by atoms with Gasteiger partial charge in [-0.15, -0.1) is 0 Å². The zero-order chi connectivity index (χ0) is 28.5. The number of furan rings is 1. The van der Waals surface area contributed by atoms with Gasteiger partial charge in [0.05, 0.1) is 24.2 Å². The van der Waals surface area contributed by atoms with Crippen molar-refractivity contribution in [2.24, 2.45) is 5.10 Å². The standard InChI is InChI=1S/C31H20Br3N3O4/c1-39-28-12-18(6-10-27(28)40-17-19-7-8-22(33)15-24(19)34)16-35-37-30(36-25-5-3-2-4-23(25)31(37)38)29-14-20-13-21(32)9-11-26(20)41-29/h2-16H,17H2,1H3. The molecule has 0 saturated carbocycles. The maximum Gasteiger partial charge on any atom is 0.282 e. The summed E-state index contributed by atoms with van der Waals surface area (Å²) in [6.45, 7) is 0.354. The highest BCUT2D eigenvalue weighted by molar-refractivity contribution is 9.11. The summed E-state index contributed by atoms with van der Waals surface area (Å²) in [7, 11) is 1.58. The lowest BCUT2D eigenvalue weighted by atomic mass is 10.2. The van der Waals surface area contributed by atoms with Crippen LogP contribution < -0.4 is 15.0 Å². The predicted molar refractivity (Wildman–Crippen MR) is 171 cm³/mol. The van der Waals surface area contributed by atoms with E-state index in [2.05, 4.69) is 52.9 Å². The molecule has 204 valence electrons. The zero-order valence-electron chi connectivity index (χ0n) is 21.5. The van der Waals surface area contributed by atoms with Crippen molar-refractivity contribution < 1.29 is 13.9 Å². The lowest BCUT2D eigenvalue weighted by Crippen LogP contribution is -2.20. The monoisotopic (exact) mass is 735 g/mol. The van der Waals surface area contributed by atoms with E-state index in [0.717, 1.165) is 24.4 Å². The summed E-state index contributed by atoms with van der Waals surface area (Å²) in [4.78, 5) is 18.3. The minimum absolute atomic E-state index is 0.296. The summed E-state index contributed by atoms with van der Waals surface area (Å²) in [5.74, 6) is 1.84. The first-order chi connectivity index (χ1) is 19.9. The summed E-state index contributed by atoms with van der Waals surface area (Å²) >= 11 is 10.5. The van der Waals surface area contributed by atoms with E-state index in [4.69, 9.17) is 18.9 Å². The van der Waals surface area contributed by atoms with Gasteiger partial charge in [0.2, 0.25) is 5.82 Å². The second-order valence-corrected chi connectivity index (χ2v) is 11.7. The van der Waals surface area contributed by atoms with Crippen LogP contribution in [-0.2, 0) is 6.61 Å². The number of para-hydroxylation sites is 1. The first kappa shape index (κ1) is 27.4. The van der Waals surface area contributed by atoms with Crippen molar-refractivity contribution in [3.05, 3.63) is 120 Å². The molecule has 0 N–H and O–H groups in total. The number of nitrogens with zero attached hydrogens (tertiary/aromatic N) is 3. The van der Waals surface area contributed by atoms with Crippen molar-refractivity contribution >= 4 is 75.9 Å². The smallest absolute Gasteiger partial charge is 0.282 e. The molecule has 0 bridgehead atoms. The minimum Gasteiger partial charge on any atom is -0.493 e. The predicted octanol–water partition coefficient (Wildman–Crippen LogP) is 8.57. The molecule has 10 heteroatoms. The van der Waals surface area contributed by atoms with Gasteiger partial charge in [-0.25, -0.2) is 4.98 Å². The van der Waals surface area contributed by atoms with Crippen LogP contribution in [0.4, 0.5) is 0 Å². The van der Waals surface area contributed by atoms with Crippen LogP contribution in [0.3, 0.4) is 0 Å². The van der Waals surface area contributed by atoms with Gasteiger partial charge in [-0.1, -0.05) is 66.0 Å². The highest BCUT2D eigenvalue weighted by Gasteiger charge is 2.17. The number of ether oxygens (including phenoxy) is 2. The quantitative estimate of drug-likeness (QED) is 0.154. The van der Waals surface area contributed by atoms with E-state index in [9.17, 15) is 4.79 Å². The second kappa shape index (κ2) is 11.6. The maximum absolute atomic E-state index is 13.6. The van der Waals surface area contributed by atoms with E-state index in [0.29, 0.717) is 51.7 Å². The van der Waals surface area contributed by atoms with E-state index >= 15 is 0 Å². The lowest BCUT2D eigenvalue weighted by molar-refractivity contribution is 0.284. The minimum atomic E-state index is -0.310. The Morgan fingerprint density at radius 3 is 2.56 bits per heavy atom. The number of hydrogen-bond acceptors (Lipinski definition) is 6. The number of aromatic nitrogens is 2. The van der Waals surface area contributed by atoms with Crippen LogP contribution in [0.15, 0.2) is 113 Å². The Morgan fingerprint density at radius 1 is 0.927 bits per heavy atom. The van der Waals surface area contributed by atoms with E-state index in [1.807, 2.05) is 60.7 Å². The Bertz CT molecular complexity index is 2020. The SMILES string of the molecule is COc1cc(C=Nn2c(-c3cc4cc(Br)ccc4o3)nc3ccccc3c2=O)ccc1OCc1ccc(Br)cc1Br. The zero-order valence-corrected chi connectivity index (χ0v) is 26.2. The van der Waals surface area contributed by atoms with Crippen molar-refractivity contribution in [1.29, 1.82) is 0 Å². The Balaban J connectivity index is 1.36. The van der Waals surface area contributed by atoms with Crippen LogP contribution in [0, 0.1) is 0 Å². The van der Waals surface area contributed by atoms with Crippen molar-refractivity contribution in [3.8, 4) is 23.1 Å². The topological polar surface area (TPSA) is 78.9 Å². The molecule has 0 saturated heterocycles. The van der Waals surface area contributed by atoms with Crippen molar-refractivity contribution in [1.82, 2.24) is 9.66 Å². The largest absolute Gasteiger partial charge is 0.493 e. The summed E-state index contributed by atoms with van der Waals surface area (Å²) in [6, 6.07) is 26.1. The van der Waals surface area contributed by atoms with Gasteiger partial charge in [0.1, 0.15) is 12.2 Å². The molecule has 0 unspecified atom stereocenters. The first-order valence-electron chi connectivity index (χ1n) is 12.4. The van der Waals surface area contributed by atoms with Crippen LogP contribution in [-0.4, -0.2) is 23.0 Å². The molecule has 4 aromatic carbocycles. The Labute approximate surface area is 259 Å². The summed E-state index contributed by atoms with van der Waals surface area (Å²) in [6.07, 6.45) is 1.58. The highest BCUT2D eigenvalue weighted by Crippen LogP contribution is 2.31. The molecule has 0 spiro atoms. The number of fused-ring (bicyclic) bond motifs is 2. The van der Waals surface area contributed by atoms with Gasteiger partial charge < -0.3 is 13.9 Å². The van der Waals surface area contributed by atoms with Gasteiger partial charge in [0.15, 0.2) is 17.3 Å². The maximum atomic E-state index is 13.6. The van der Waals surface area contributed by atoms with Crippen LogP contribution >= 0.6 is 47.8 Å². The number of hydrogen-bond donors (Lipinski definition) is 0. The highest BCUT2D eigenvalue weighted by atomic mass is 79.9. The van der Waals surface area contributed by atoms with E-state index in [1.54, 1.807) is 37.6 Å². The average molecular weight is 738 g/mol. The molecule has 2 aromatic heterocycles. The fourth-order valence-corrected chi connectivity index (χ4v) is 5.86. The molecule has 0 amide bonds. The summed E-state index contributed by atoms with van der Waals surface area (Å²) in [5.41, 5.74) is 2.63. The van der Waals surface area contributed by atoms with Gasteiger partial charge in [-0.05, 0) is 72.3 Å². The first-order valence-corrected chi connectivity index (χ1v) is 14.8. The Kier molecular flexibility index (Phi) is 7.79. The van der Waals surface area contributed by atoms with Crippen LogP contribution in [0.5, 0.6) is 11.5 Å². The molecule has 0 aliphatic heterocycles. The third-order valence-electron chi connectivity index (χ3n) is 6.36. The molecular formula is C31H20Br3N3O4. The van der Waals surface area contributed by atoms with Gasteiger partial charge >= 0.3 is 0 Å². The number of benzene rings is 4. The third kappa shape index (κ3) is 5.72. The fourth-order valence-electron chi connectivity index (χ4n) is 4.32. The van der Waals surface area contributed by atoms with Gasteiger partial charge in [0.25, 0.3) is 5.56 Å². The normalized spacial score (nSPS) is 11.5. The third-order valence-corrected chi connectivity index (χ3v) is 8.09. The number of rotatable bonds is 7. The molecule has 6 aromatic rings. The van der Waals surface area contributed by atoms with Gasteiger partial charge in [0, 0.05) is 24.4 Å². The molecule has 0 fully saturated rings. The average Bonchev–Trinajstić information content (AvgIpc) is 3.39. The van der Waals surface area contributed by atoms with Gasteiger partial charge in [-0.3, -0.25) is 4.79 Å². The van der Waals surface area contributed by atoms with E-state index < -0.39 is 0 Å². The number of halogens is 3. The van der Waals surface area contributed by atoms with Crippen LogP contribution in [0.25, 0.3) is 33.5 Å². The summed E-state index contributed by atoms with van der Waals surface area (Å²) < 4.78 is 21.8. The molecule has 0 radical (unpaired) electrons. The molecule has 6 rings (SSSR count). The molecule has 0 aliphatic carbocycles. The van der Waals surface area contributed by atoms with E-state index in [-0.39, 0.29) is 5.56 Å². The van der Waals surface area contributed by atoms with Crippen molar-refractivity contribution in [2.75, 3.05) is 7.11 Å². The Hall–Kier alpha value is -3.73. The fraction of sp³-hybridized carbons (Fsp3) is 0.0645. The van der Waals surface area contributed by atoms with Crippen LogP contribution in [0.2, 0.25) is 0 Å². The van der Waals surface area contributed by atoms with Crippen molar-refractivity contribution in [3.63, 3.8) is 0 Å². The second-order valence-electron chi connectivity index (χ2n) is 9.04. The number of methoxy groups -OCH3 is 1. The lowest BCUT2D eigenvalue weighted by Gasteiger charge is -2.12. The molecule has 7 nitrogen and oxygen atoms in total. The Morgan fingerprint density at radius 2 is 1.73 bits per heavy atom. The van der Waals surface area contributed by atoms with Crippen LogP contribution in [0.1, 0.15) is 11.1 Å². The molecule has 41 heavy (non-hydrogen) atoms. The molecule has 0 aliphatic rings. The molecule has 0 atom stereocenters. The van der Waals surface area contributed by atoms with Gasteiger partial charge in [-0.2, -0.15) is 9.78 Å². The van der Waals surface area contributed by atoms with Crippen molar-refractivity contribution in [2.45, 2.75) is 6.61 Å². The van der Waals surface area contributed by atoms with E-state index in [1.165, 1.54) is 4.68 Å². The molecular weight excluding hydrogens is 718 g/mol. The molecule has 2 heterocycles. The summed E-state index contributed by atoms with van der Waals surface area (Å²) in [5, 5.41) is 5.88.